The van der Waals surface area contributed by atoms with Crippen molar-refractivity contribution in [3.8, 4) is 0 Å². The van der Waals surface area contributed by atoms with Gasteiger partial charge in [-0.25, -0.2) is 8.42 Å². The van der Waals surface area contributed by atoms with Gasteiger partial charge < -0.3 is 10.6 Å². The van der Waals surface area contributed by atoms with Crippen molar-refractivity contribution in [1.82, 2.24) is 9.62 Å². The lowest BCUT2D eigenvalue weighted by Crippen LogP contribution is -2.47. The van der Waals surface area contributed by atoms with Gasteiger partial charge in [0.15, 0.2) is 0 Å². The molecule has 1 saturated heterocycles. The van der Waals surface area contributed by atoms with Crippen molar-refractivity contribution in [2.75, 3.05) is 37.2 Å². The lowest BCUT2D eigenvalue weighted by molar-refractivity contribution is -0.115. The zero-order chi connectivity index (χ0) is 16.2. The number of carbonyl (C=O) groups excluding carboxylic acids is 1. The van der Waals surface area contributed by atoms with E-state index >= 15 is 0 Å². The molecule has 1 heterocycles. The van der Waals surface area contributed by atoms with Gasteiger partial charge in [0.25, 0.3) is 0 Å². The first kappa shape index (κ1) is 16.9. The smallest absolute Gasteiger partial charge is 0.225 e. The third-order valence-corrected chi connectivity index (χ3v) is 5.58. The Bertz CT molecular complexity index is 637. The van der Waals surface area contributed by atoms with Gasteiger partial charge >= 0.3 is 0 Å². The monoisotopic (exact) mass is 325 g/mol. The molecule has 1 aliphatic rings. The molecule has 1 amide bonds. The second kappa shape index (κ2) is 7.21. The Balaban J connectivity index is 1.89. The van der Waals surface area contributed by atoms with Crippen LogP contribution in [0.25, 0.3) is 0 Å². The fraction of sp³-hybridized carbons (Fsp3) is 0.533. The molecule has 0 saturated carbocycles. The summed E-state index contributed by atoms with van der Waals surface area (Å²) < 4.78 is 25.8. The van der Waals surface area contributed by atoms with Crippen LogP contribution in [-0.2, 0) is 14.8 Å². The zero-order valence-electron chi connectivity index (χ0n) is 13.1. The van der Waals surface area contributed by atoms with Gasteiger partial charge in [-0.2, -0.15) is 4.31 Å². The summed E-state index contributed by atoms with van der Waals surface area (Å²) in [5.74, 6) is -0.422. The van der Waals surface area contributed by atoms with Crippen LogP contribution in [0.2, 0.25) is 0 Å². The highest BCUT2D eigenvalue weighted by molar-refractivity contribution is 7.89. The summed E-state index contributed by atoms with van der Waals surface area (Å²) >= 11 is 0. The molecule has 122 valence electrons. The second-order valence-corrected chi connectivity index (χ2v) is 7.67. The Hall–Kier alpha value is -1.44. The van der Waals surface area contributed by atoms with Gasteiger partial charge in [-0.15, -0.1) is 0 Å². The molecule has 2 N–H and O–H groups in total. The maximum absolute atomic E-state index is 12.2. The van der Waals surface area contributed by atoms with E-state index in [1.165, 1.54) is 4.31 Å². The van der Waals surface area contributed by atoms with Gasteiger partial charge in [-0.05, 0) is 25.5 Å². The number of rotatable bonds is 5. The summed E-state index contributed by atoms with van der Waals surface area (Å²) in [6.07, 6.45) is -0.0282. The van der Waals surface area contributed by atoms with E-state index in [4.69, 9.17) is 0 Å². The van der Waals surface area contributed by atoms with Crippen molar-refractivity contribution < 1.29 is 13.2 Å². The van der Waals surface area contributed by atoms with Crippen molar-refractivity contribution in [1.29, 1.82) is 0 Å². The standard InChI is InChI=1S/C15H23N3O3S/c1-12-3-4-14(13(2)11-12)17-15(19)5-10-22(20,21)18-8-6-16-7-9-18/h3-4,11,16H,5-10H2,1-2H3,(H,17,19). The largest absolute Gasteiger partial charge is 0.326 e. The molecule has 0 aromatic heterocycles. The Kier molecular flexibility index (Phi) is 5.55. The van der Waals surface area contributed by atoms with E-state index in [1.807, 2.05) is 32.0 Å². The summed E-state index contributed by atoms with van der Waals surface area (Å²) in [5.41, 5.74) is 2.82. The van der Waals surface area contributed by atoms with Gasteiger partial charge in [0, 0.05) is 38.3 Å². The van der Waals surface area contributed by atoms with Crippen LogP contribution in [-0.4, -0.2) is 50.6 Å². The minimum Gasteiger partial charge on any atom is -0.326 e. The topological polar surface area (TPSA) is 78.5 Å². The van der Waals surface area contributed by atoms with Gasteiger partial charge in [0.2, 0.25) is 15.9 Å². The highest BCUT2D eigenvalue weighted by Crippen LogP contribution is 2.16. The lowest BCUT2D eigenvalue weighted by atomic mass is 10.1. The number of nitrogens with one attached hydrogen (secondary N) is 2. The predicted molar refractivity (Wildman–Crippen MR) is 87.4 cm³/mol. The molecule has 1 fully saturated rings. The van der Waals surface area contributed by atoms with E-state index in [2.05, 4.69) is 10.6 Å². The normalized spacial score (nSPS) is 16.5. The molecule has 1 aromatic carbocycles. The van der Waals surface area contributed by atoms with Crippen molar-refractivity contribution in [2.45, 2.75) is 20.3 Å². The van der Waals surface area contributed by atoms with Crippen LogP contribution in [0.5, 0.6) is 0 Å². The Morgan fingerprint density at radius 2 is 1.95 bits per heavy atom. The number of hydrogen-bond donors (Lipinski definition) is 2. The van der Waals surface area contributed by atoms with Gasteiger partial charge in [-0.1, -0.05) is 17.7 Å². The molecule has 6 nitrogen and oxygen atoms in total. The molecule has 22 heavy (non-hydrogen) atoms. The molecule has 0 aliphatic carbocycles. The molecule has 7 heteroatoms. The molecule has 1 aromatic rings. The third kappa shape index (κ3) is 4.53. The van der Waals surface area contributed by atoms with Crippen LogP contribution in [0.1, 0.15) is 17.5 Å². The maximum Gasteiger partial charge on any atom is 0.225 e. The van der Waals surface area contributed by atoms with Crippen molar-refractivity contribution in [3.63, 3.8) is 0 Å². The molecule has 0 radical (unpaired) electrons. The van der Waals surface area contributed by atoms with Crippen LogP contribution in [0.15, 0.2) is 18.2 Å². The van der Waals surface area contributed by atoms with Crippen LogP contribution < -0.4 is 10.6 Å². The fourth-order valence-corrected chi connectivity index (χ4v) is 3.88. The Morgan fingerprint density at radius 3 is 2.59 bits per heavy atom. The summed E-state index contributed by atoms with van der Waals surface area (Å²) in [4.78, 5) is 12.0. The molecule has 2 rings (SSSR count). The molecular weight excluding hydrogens is 302 g/mol. The van der Waals surface area contributed by atoms with Gasteiger partial charge in [0.1, 0.15) is 0 Å². The number of sulfonamides is 1. The van der Waals surface area contributed by atoms with Crippen molar-refractivity contribution >= 4 is 21.6 Å². The number of carbonyl (C=O) groups is 1. The number of hydrogen-bond acceptors (Lipinski definition) is 4. The zero-order valence-corrected chi connectivity index (χ0v) is 13.9. The maximum atomic E-state index is 12.2. The summed E-state index contributed by atoms with van der Waals surface area (Å²) in [6, 6.07) is 5.74. The molecule has 0 unspecified atom stereocenters. The first-order valence-corrected chi connectivity index (χ1v) is 9.05. The lowest BCUT2D eigenvalue weighted by Gasteiger charge is -2.26. The number of amides is 1. The number of piperazine rings is 1. The van der Waals surface area contributed by atoms with E-state index in [0.29, 0.717) is 26.2 Å². The SMILES string of the molecule is Cc1ccc(NC(=O)CCS(=O)(=O)N2CCNCC2)c(C)c1. The van der Waals surface area contributed by atoms with E-state index < -0.39 is 10.0 Å². The summed E-state index contributed by atoms with van der Waals surface area (Å²) in [6.45, 7) is 6.17. The Morgan fingerprint density at radius 1 is 1.27 bits per heavy atom. The third-order valence-electron chi connectivity index (χ3n) is 3.71. The predicted octanol–water partition coefficient (Wildman–Crippen LogP) is 0.867. The van der Waals surface area contributed by atoms with E-state index in [1.54, 1.807) is 0 Å². The van der Waals surface area contributed by atoms with Crippen LogP contribution in [0.4, 0.5) is 5.69 Å². The number of anilines is 1. The minimum atomic E-state index is -3.36. The van der Waals surface area contributed by atoms with Crippen LogP contribution in [0.3, 0.4) is 0 Å². The fourth-order valence-electron chi connectivity index (χ4n) is 2.44. The van der Waals surface area contributed by atoms with E-state index in [-0.39, 0.29) is 18.1 Å². The van der Waals surface area contributed by atoms with Gasteiger partial charge in [-0.3, -0.25) is 4.79 Å². The van der Waals surface area contributed by atoms with Crippen molar-refractivity contribution in [3.05, 3.63) is 29.3 Å². The number of aryl methyl sites for hydroxylation is 2. The molecule has 0 bridgehead atoms. The highest BCUT2D eigenvalue weighted by Gasteiger charge is 2.24. The average Bonchev–Trinajstić information content (AvgIpc) is 2.49. The molecule has 1 aliphatic heterocycles. The molecular formula is C15H23N3O3S. The van der Waals surface area contributed by atoms with Gasteiger partial charge in [0.05, 0.1) is 5.75 Å². The summed E-state index contributed by atoms with van der Waals surface area (Å²) in [7, 11) is -3.36. The second-order valence-electron chi connectivity index (χ2n) is 5.58. The van der Waals surface area contributed by atoms with Crippen LogP contribution in [0, 0.1) is 13.8 Å². The number of benzene rings is 1. The summed E-state index contributed by atoms with van der Waals surface area (Å²) in [5, 5.41) is 5.89. The Labute approximate surface area is 131 Å². The average molecular weight is 325 g/mol. The first-order valence-electron chi connectivity index (χ1n) is 7.44. The number of nitrogens with zero attached hydrogens (tertiary/aromatic N) is 1. The van der Waals surface area contributed by atoms with E-state index in [9.17, 15) is 13.2 Å². The van der Waals surface area contributed by atoms with Crippen LogP contribution >= 0.6 is 0 Å². The highest BCUT2D eigenvalue weighted by atomic mass is 32.2. The van der Waals surface area contributed by atoms with Crippen molar-refractivity contribution in [2.24, 2.45) is 0 Å². The molecule has 0 atom stereocenters. The first-order chi connectivity index (χ1) is 10.4. The minimum absolute atomic E-state index is 0.0282. The molecule has 0 spiro atoms. The quantitative estimate of drug-likeness (QED) is 0.842. The van der Waals surface area contributed by atoms with E-state index in [0.717, 1.165) is 16.8 Å².